The molecule has 1 aromatic carbocycles. The van der Waals surface area contributed by atoms with E-state index >= 15 is 0 Å². The fourth-order valence-electron chi connectivity index (χ4n) is 2.96. The van der Waals surface area contributed by atoms with Gasteiger partial charge in [0.2, 0.25) is 10.0 Å². The Morgan fingerprint density at radius 1 is 1.33 bits per heavy atom. The van der Waals surface area contributed by atoms with Crippen molar-refractivity contribution in [3.63, 3.8) is 0 Å². The van der Waals surface area contributed by atoms with Gasteiger partial charge in [-0.15, -0.1) is 19.6 Å². The summed E-state index contributed by atoms with van der Waals surface area (Å²) in [5.41, 5.74) is 0.399. The molecule has 1 atom stereocenters. The number of piperazine rings is 1. The number of nitrogens with zero attached hydrogens (tertiary/aromatic N) is 2. The van der Waals surface area contributed by atoms with Gasteiger partial charge in [0.05, 0.1) is 12.0 Å². The van der Waals surface area contributed by atoms with Gasteiger partial charge in [-0.2, -0.15) is 16.9 Å². The number of alkyl halides is 3. The Balaban J connectivity index is 2.14. The highest BCUT2D eigenvalue weighted by molar-refractivity contribution is 7.93. The molecule has 0 amide bonds. The zero-order chi connectivity index (χ0) is 22.4. The molecule has 0 saturated carbocycles. The van der Waals surface area contributed by atoms with Gasteiger partial charge < -0.3 is 9.47 Å². The fraction of sp³-hybridized carbons (Fsp3) is 0.444. The molecule has 1 aliphatic rings. The number of benzene rings is 1. The lowest BCUT2D eigenvalue weighted by Gasteiger charge is -2.40. The first-order valence-corrected chi connectivity index (χ1v) is 10.7. The van der Waals surface area contributed by atoms with Crippen molar-refractivity contribution in [2.45, 2.75) is 18.9 Å². The number of hydrogen-bond acceptors (Lipinski definition) is 6. The van der Waals surface area contributed by atoms with Crippen LogP contribution in [0.2, 0.25) is 0 Å². The van der Waals surface area contributed by atoms with E-state index in [9.17, 15) is 26.0 Å². The summed E-state index contributed by atoms with van der Waals surface area (Å²) in [5, 5.41) is 2.10. The van der Waals surface area contributed by atoms with Crippen LogP contribution in [0.1, 0.15) is 5.56 Å². The normalized spacial score (nSPS) is 19.1. The summed E-state index contributed by atoms with van der Waals surface area (Å²) < 4.78 is 85.6. The van der Waals surface area contributed by atoms with E-state index in [4.69, 9.17) is 11.2 Å². The van der Waals surface area contributed by atoms with E-state index in [-0.39, 0.29) is 32.8 Å². The largest absolute Gasteiger partial charge is 0.573 e. The van der Waals surface area contributed by atoms with Gasteiger partial charge in [0.1, 0.15) is 6.61 Å². The van der Waals surface area contributed by atoms with Gasteiger partial charge in [0.25, 0.3) is 0 Å². The van der Waals surface area contributed by atoms with Gasteiger partial charge in [-0.3, -0.25) is 4.90 Å². The molecule has 1 fully saturated rings. The average Bonchev–Trinajstić information content (AvgIpc) is 2.64. The van der Waals surface area contributed by atoms with E-state index < -0.39 is 34.0 Å². The summed E-state index contributed by atoms with van der Waals surface area (Å²) in [6.07, 6.45) is 0.172. The average molecular weight is 468 g/mol. The lowest BCUT2D eigenvalue weighted by atomic mass is 10.1. The highest BCUT2D eigenvalue weighted by Crippen LogP contribution is 2.27. The standard InChI is InChI=1S/C18H20F4N2O4S2/c1-2-7-27-13-15-12-24(30(25,26)9-8-29)6-5-23(15)11-14-3-4-17(16(19)10-14)28-18(20,21)22/h1,3-4,8-10,15,29H,5-7,11-13H2/b9-8-/t15-/m1/s1. The van der Waals surface area contributed by atoms with Crippen LogP contribution in [0.15, 0.2) is 29.0 Å². The predicted molar refractivity (Wildman–Crippen MR) is 106 cm³/mol. The molecule has 0 bridgehead atoms. The number of sulfonamides is 1. The molecule has 0 radical (unpaired) electrons. The van der Waals surface area contributed by atoms with Gasteiger partial charge >= 0.3 is 6.36 Å². The number of rotatable bonds is 8. The second kappa shape index (κ2) is 10.5. The third-order valence-electron chi connectivity index (χ3n) is 4.26. The van der Waals surface area contributed by atoms with E-state index in [1.165, 1.54) is 10.4 Å². The SMILES string of the molecule is C#CCOC[C@H]1CN(S(=O)(=O)/C=C\S)CCN1Cc1ccc(OC(F)(F)F)c(F)c1. The number of hydrogen-bond donors (Lipinski definition) is 1. The van der Waals surface area contributed by atoms with Crippen molar-refractivity contribution < 1.29 is 35.5 Å². The minimum atomic E-state index is -4.99. The van der Waals surface area contributed by atoms with Crippen LogP contribution in [0.3, 0.4) is 0 Å². The van der Waals surface area contributed by atoms with Crippen molar-refractivity contribution in [2.24, 2.45) is 0 Å². The number of thiol groups is 1. The smallest absolute Gasteiger partial charge is 0.403 e. The maximum absolute atomic E-state index is 14.0. The molecular weight excluding hydrogens is 448 g/mol. The van der Waals surface area contributed by atoms with Crippen LogP contribution in [0, 0.1) is 18.2 Å². The Bertz CT molecular complexity index is 900. The first-order chi connectivity index (χ1) is 14.1. The second-order valence-corrected chi connectivity index (χ2v) is 8.46. The van der Waals surface area contributed by atoms with Crippen LogP contribution >= 0.6 is 12.6 Å². The maximum Gasteiger partial charge on any atom is 0.573 e. The molecule has 0 spiro atoms. The first kappa shape index (κ1) is 24.5. The molecule has 30 heavy (non-hydrogen) atoms. The van der Waals surface area contributed by atoms with Crippen molar-refractivity contribution >= 4 is 22.7 Å². The number of halogens is 4. The number of terminal acetylenes is 1. The summed E-state index contributed by atoms with van der Waals surface area (Å²) in [6.45, 7) is 0.895. The topological polar surface area (TPSA) is 59.1 Å². The van der Waals surface area contributed by atoms with E-state index in [0.29, 0.717) is 12.1 Å². The minimum absolute atomic E-state index is 0.0335. The Morgan fingerprint density at radius 3 is 2.67 bits per heavy atom. The zero-order valence-corrected chi connectivity index (χ0v) is 17.4. The predicted octanol–water partition coefficient (Wildman–Crippen LogP) is 2.59. The second-order valence-electron chi connectivity index (χ2n) is 6.34. The van der Waals surface area contributed by atoms with Crippen molar-refractivity contribution in [1.29, 1.82) is 0 Å². The molecule has 166 valence electrons. The van der Waals surface area contributed by atoms with Crippen molar-refractivity contribution in [1.82, 2.24) is 9.21 Å². The molecule has 0 N–H and O–H groups in total. The van der Waals surface area contributed by atoms with Crippen molar-refractivity contribution in [2.75, 3.05) is 32.8 Å². The minimum Gasteiger partial charge on any atom is -0.403 e. The molecular formula is C18H20F4N2O4S2. The quantitative estimate of drug-likeness (QED) is 0.275. The van der Waals surface area contributed by atoms with E-state index in [1.807, 2.05) is 4.90 Å². The van der Waals surface area contributed by atoms with Crippen LogP contribution in [0.25, 0.3) is 0 Å². The van der Waals surface area contributed by atoms with E-state index in [0.717, 1.165) is 22.9 Å². The molecule has 0 aromatic heterocycles. The Morgan fingerprint density at radius 2 is 2.07 bits per heavy atom. The third-order valence-corrected chi connectivity index (χ3v) is 6.15. The highest BCUT2D eigenvalue weighted by atomic mass is 32.2. The molecule has 1 aromatic rings. The molecule has 0 unspecified atom stereocenters. The maximum atomic E-state index is 14.0. The summed E-state index contributed by atoms with van der Waals surface area (Å²) >= 11 is 3.79. The van der Waals surface area contributed by atoms with Crippen LogP contribution in [-0.2, 0) is 21.3 Å². The summed E-state index contributed by atoms with van der Waals surface area (Å²) in [6, 6.07) is 2.77. The highest BCUT2D eigenvalue weighted by Gasteiger charge is 2.34. The zero-order valence-electron chi connectivity index (χ0n) is 15.7. The van der Waals surface area contributed by atoms with Gasteiger partial charge in [-0.25, -0.2) is 12.8 Å². The van der Waals surface area contributed by atoms with Crippen LogP contribution in [0.5, 0.6) is 5.75 Å². The van der Waals surface area contributed by atoms with Gasteiger partial charge in [-0.1, -0.05) is 12.0 Å². The van der Waals surface area contributed by atoms with Crippen LogP contribution in [0.4, 0.5) is 17.6 Å². The summed E-state index contributed by atoms with van der Waals surface area (Å²) in [4.78, 5) is 1.85. The number of ether oxygens (including phenoxy) is 2. The third kappa shape index (κ3) is 7.17. The van der Waals surface area contributed by atoms with E-state index in [2.05, 4.69) is 23.3 Å². The molecule has 1 saturated heterocycles. The van der Waals surface area contributed by atoms with Crippen molar-refractivity contribution in [3.05, 3.63) is 40.4 Å². The first-order valence-electron chi connectivity index (χ1n) is 8.66. The molecule has 1 heterocycles. The van der Waals surface area contributed by atoms with E-state index in [1.54, 1.807) is 0 Å². The van der Waals surface area contributed by atoms with Crippen LogP contribution in [-0.4, -0.2) is 62.9 Å². The summed E-state index contributed by atoms with van der Waals surface area (Å²) in [5.74, 6) is 0.247. The molecule has 2 rings (SSSR count). The van der Waals surface area contributed by atoms with Crippen molar-refractivity contribution in [3.8, 4) is 18.1 Å². The molecule has 12 heteroatoms. The Hall–Kier alpha value is -1.78. The van der Waals surface area contributed by atoms with Gasteiger partial charge in [-0.05, 0) is 23.1 Å². The lowest BCUT2D eigenvalue weighted by molar-refractivity contribution is -0.275. The monoisotopic (exact) mass is 468 g/mol. The molecule has 1 aliphatic heterocycles. The molecule has 6 nitrogen and oxygen atoms in total. The molecule has 0 aliphatic carbocycles. The van der Waals surface area contributed by atoms with Gasteiger partial charge in [0, 0.05) is 32.2 Å². The van der Waals surface area contributed by atoms with Crippen LogP contribution < -0.4 is 4.74 Å². The Kier molecular flexibility index (Phi) is 8.57. The fourth-order valence-corrected chi connectivity index (χ4v) is 4.47. The lowest BCUT2D eigenvalue weighted by Crippen LogP contribution is -2.55. The summed E-state index contributed by atoms with van der Waals surface area (Å²) in [7, 11) is -3.65. The Labute approximate surface area is 177 Å². The van der Waals surface area contributed by atoms with Gasteiger partial charge in [0.15, 0.2) is 11.6 Å².